The lowest BCUT2D eigenvalue weighted by atomic mass is 9.75. The van der Waals surface area contributed by atoms with E-state index < -0.39 is 11.9 Å². The summed E-state index contributed by atoms with van der Waals surface area (Å²) >= 11 is 0. The van der Waals surface area contributed by atoms with Crippen LogP contribution in [0, 0.1) is 0 Å². The van der Waals surface area contributed by atoms with Crippen molar-refractivity contribution in [2.75, 3.05) is 39.8 Å². The fourth-order valence-electron chi connectivity index (χ4n) is 5.80. The highest BCUT2D eigenvalue weighted by Crippen LogP contribution is 2.43. The van der Waals surface area contributed by atoms with Crippen molar-refractivity contribution in [2.24, 2.45) is 0 Å². The minimum Gasteiger partial charge on any atom is -0.493 e. The zero-order valence-corrected chi connectivity index (χ0v) is 25.0. The number of aliphatic carboxylic acids is 2. The highest BCUT2D eigenvalue weighted by Gasteiger charge is 2.34. The van der Waals surface area contributed by atoms with Crippen molar-refractivity contribution in [2.45, 2.75) is 50.5 Å². The van der Waals surface area contributed by atoms with Crippen LogP contribution >= 0.6 is 0 Å². The number of piperazine rings is 1. The Morgan fingerprint density at radius 3 is 2.41 bits per heavy atom. The van der Waals surface area contributed by atoms with Gasteiger partial charge in [-0.15, -0.1) is 0 Å². The molecule has 232 valence electrons. The maximum atomic E-state index is 13.5. The van der Waals surface area contributed by atoms with Crippen LogP contribution in [-0.4, -0.2) is 88.8 Å². The van der Waals surface area contributed by atoms with Crippen molar-refractivity contribution in [3.05, 3.63) is 77.6 Å². The normalized spacial score (nSPS) is 18.3. The van der Waals surface area contributed by atoms with Crippen LogP contribution < -0.4 is 9.47 Å². The average molecular weight is 602 g/mol. The van der Waals surface area contributed by atoms with Crippen LogP contribution in [0.2, 0.25) is 0 Å². The van der Waals surface area contributed by atoms with E-state index in [-0.39, 0.29) is 37.4 Å². The summed E-state index contributed by atoms with van der Waals surface area (Å²) in [5.74, 6) is -0.371. The molecule has 2 heterocycles. The number of likely N-dealkylation sites (N-methyl/N-ethyl adjacent to an activating group) is 1. The topological polar surface area (TPSA) is 130 Å². The zero-order valence-electron chi connectivity index (χ0n) is 25.0. The molecule has 0 radical (unpaired) electrons. The number of carbonyl (C=O) groups is 3. The zero-order chi connectivity index (χ0) is 31.1. The summed E-state index contributed by atoms with van der Waals surface area (Å²) < 4.78 is 12.4. The van der Waals surface area contributed by atoms with Gasteiger partial charge in [0.2, 0.25) is 0 Å². The van der Waals surface area contributed by atoms with Gasteiger partial charge in [-0.2, -0.15) is 0 Å². The number of carboxylic acid groups (broad SMARTS) is 2. The standard InChI is InChI=1S/C34H39N3O7/c1-36-12-14-37(15-13-36)34(42)26-17-24(23-5-3-11-35-22-23)18-27(21-26)44-28-19-25(20-28)29-6-2-7-31(30(29)9-10-33(40)41)43-16-4-8-32(38)39/h2-3,5-7,11,17-18,21-22,25,28H,4,8-10,12-16,19-20H2,1H3,(H,38,39)(H,40,41). The lowest BCUT2D eigenvalue weighted by molar-refractivity contribution is -0.138. The quantitative estimate of drug-likeness (QED) is 0.267. The van der Waals surface area contributed by atoms with Crippen LogP contribution in [0.25, 0.3) is 11.1 Å². The van der Waals surface area contributed by atoms with E-state index in [1.807, 2.05) is 53.4 Å². The Bertz CT molecular complexity index is 1460. The van der Waals surface area contributed by atoms with E-state index in [4.69, 9.17) is 14.6 Å². The highest BCUT2D eigenvalue weighted by atomic mass is 16.5. The molecular weight excluding hydrogens is 562 g/mol. The maximum absolute atomic E-state index is 13.5. The van der Waals surface area contributed by atoms with Gasteiger partial charge in [0.05, 0.1) is 12.7 Å². The van der Waals surface area contributed by atoms with Crippen LogP contribution in [0.4, 0.5) is 0 Å². The number of benzene rings is 2. The Kier molecular flexibility index (Phi) is 10.1. The summed E-state index contributed by atoms with van der Waals surface area (Å²) in [6, 6.07) is 15.2. The van der Waals surface area contributed by atoms with Crippen LogP contribution in [-0.2, 0) is 16.0 Å². The summed E-state index contributed by atoms with van der Waals surface area (Å²) in [4.78, 5) is 44.1. The smallest absolute Gasteiger partial charge is 0.303 e. The van der Waals surface area contributed by atoms with E-state index in [9.17, 15) is 19.5 Å². The third-order valence-electron chi connectivity index (χ3n) is 8.33. The Hall–Kier alpha value is -4.44. The molecule has 3 aromatic rings. The Morgan fingerprint density at radius 2 is 1.70 bits per heavy atom. The maximum Gasteiger partial charge on any atom is 0.303 e. The van der Waals surface area contributed by atoms with Gasteiger partial charge >= 0.3 is 11.9 Å². The van der Waals surface area contributed by atoms with E-state index in [0.29, 0.717) is 43.0 Å². The minimum absolute atomic E-state index is 0.0104. The molecule has 1 aliphatic carbocycles. The van der Waals surface area contributed by atoms with Crippen molar-refractivity contribution in [3.63, 3.8) is 0 Å². The van der Waals surface area contributed by atoms with Crippen LogP contribution in [0.15, 0.2) is 60.9 Å². The van der Waals surface area contributed by atoms with E-state index in [1.54, 1.807) is 12.4 Å². The molecule has 10 heteroatoms. The third-order valence-corrected chi connectivity index (χ3v) is 8.33. The minimum atomic E-state index is -0.887. The number of nitrogens with zero attached hydrogens (tertiary/aromatic N) is 3. The van der Waals surface area contributed by atoms with Gasteiger partial charge in [-0.25, -0.2) is 0 Å². The lowest BCUT2D eigenvalue weighted by Crippen LogP contribution is -2.47. The first kappa shape index (κ1) is 31.0. The molecule has 0 unspecified atom stereocenters. The molecule has 2 N–H and O–H groups in total. The molecule has 44 heavy (non-hydrogen) atoms. The number of carboxylic acids is 2. The van der Waals surface area contributed by atoms with E-state index in [2.05, 4.69) is 16.9 Å². The predicted octanol–water partition coefficient (Wildman–Crippen LogP) is 4.72. The van der Waals surface area contributed by atoms with Gasteiger partial charge in [0.1, 0.15) is 11.5 Å². The second kappa shape index (κ2) is 14.4. The average Bonchev–Trinajstić information content (AvgIpc) is 3.00. The van der Waals surface area contributed by atoms with Gasteiger partial charge in [-0.05, 0) is 85.7 Å². The SMILES string of the molecule is CN1CCN(C(=O)c2cc(OC3CC(c4cccc(OCCCC(=O)O)c4CCC(=O)O)C3)cc(-c3cccnc3)c2)CC1. The summed E-state index contributed by atoms with van der Waals surface area (Å²) in [6.45, 7) is 3.28. The van der Waals surface area contributed by atoms with E-state index in [0.717, 1.165) is 48.2 Å². The third kappa shape index (κ3) is 7.93. The van der Waals surface area contributed by atoms with Gasteiger partial charge in [0, 0.05) is 62.5 Å². The molecule has 2 fully saturated rings. The molecule has 10 nitrogen and oxygen atoms in total. The van der Waals surface area contributed by atoms with Gasteiger partial charge in [0.15, 0.2) is 0 Å². The molecule has 1 saturated carbocycles. The molecule has 1 saturated heterocycles. The second-order valence-electron chi connectivity index (χ2n) is 11.6. The fourth-order valence-corrected chi connectivity index (χ4v) is 5.80. The number of pyridine rings is 1. The van der Waals surface area contributed by atoms with Crippen LogP contribution in [0.1, 0.15) is 59.5 Å². The molecule has 2 aliphatic rings. The van der Waals surface area contributed by atoms with Crippen LogP contribution in [0.3, 0.4) is 0 Å². The number of amides is 1. The number of aromatic nitrogens is 1. The largest absolute Gasteiger partial charge is 0.493 e. The number of hydrogen-bond donors (Lipinski definition) is 2. The molecule has 0 atom stereocenters. The number of ether oxygens (including phenoxy) is 2. The van der Waals surface area contributed by atoms with Crippen molar-refractivity contribution < 1.29 is 34.1 Å². The van der Waals surface area contributed by atoms with Crippen molar-refractivity contribution in [1.82, 2.24) is 14.8 Å². The van der Waals surface area contributed by atoms with Crippen molar-refractivity contribution >= 4 is 17.8 Å². The van der Waals surface area contributed by atoms with Crippen molar-refractivity contribution in [3.8, 4) is 22.6 Å². The predicted molar refractivity (Wildman–Crippen MR) is 164 cm³/mol. The molecule has 0 spiro atoms. The summed E-state index contributed by atoms with van der Waals surface area (Å²) in [5, 5.41) is 18.3. The Balaban J connectivity index is 1.31. The lowest BCUT2D eigenvalue weighted by Gasteiger charge is -2.37. The molecule has 2 aromatic carbocycles. The molecule has 0 bridgehead atoms. The molecule has 1 aliphatic heterocycles. The number of carbonyl (C=O) groups excluding carboxylic acids is 1. The first-order valence-electron chi connectivity index (χ1n) is 15.1. The van der Waals surface area contributed by atoms with Gasteiger partial charge in [-0.3, -0.25) is 19.4 Å². The Morgan fingerprint density at radius 1 is 0.932 bits per heavy atom. The molecule has 1 aromatic heterocycles. The highest BCUT2D eigenvalue weighted by molar-refractivity contribution is 5.96. The summed E-state index contributed by atoms with van der Waals surface area (Å²) in [5.41, 5.74) is 4.25. The molecule has 5 rings (SSSR count). The first-order chi connectivity index (χ1) is 21.3. The number of hydrogen-bond acceptors (Lipinski definition) is 7. The van der Waals surface area contributed by atoms with Crippen LogP contribution in [0.5, 0.6) is 11.5 Å². The first-order valence-corrected chi connectivity index (χ1v) is 15.1. The van der Waals surface area contributed by atoms with Crippen molar-refractivity contribution in [1.29, 1.82) is 0 Å². The summed E-state index contributed by atoms with van der Waals surface area (Å²) in [7, 11) is 2.06. The van der Waals surface area contributed by atoms with Gasteiger partial charge < -0.3 is 29.5 Å². The van der Waals surface area contributed by atoms with Gasteiger partial charge in [0.25, 0.3) is 5.91 Å². The fraction of sp³-hybridized carbons (Fsp3) is 0.412. The van der Waals surface area contributed by atoms with E-state index in [1.165, 1.54) is 0 Å². The summed E-state index contributed by atoms with van der Waals surface area (Å²) in [6.07, 6.45) is 5.58. The molecule has 1 amide bonds. The second-order valence-corrected chi connectivity index (χ2v) is 11.6. The monoisotopic (exact) mass is 601 g/mol. The van der Waals surface area contributed by atoms with E-state index >= 15 is 0 Å². The molecular formula is C34H39N3O7. The Labute approximate surface area is 257 Å². The number of rotatable bonds is 13. The van der Waals surface area contributed by atoms with Gasteiger partial charge in [-0.1, -0.05) is 18.2 Å².